The summed E-state index contributed by atoms with van der Waals surface area (Å²) in [6.07, 6.45) is 3.36. The summed E-state index contributed by atoms with van der Waals surface area (Å²) < 4.78 is 0. The molecular formula is C20H21N5O2S. The number of aromatic nitrogens is 2. The molecule has 2 heterocycles. The molecule has 0 aliphatic rings. The lowest BCUT2D eigenvalue weighted by molar-refractivity contribution is -0.121. The van der Waals surface area contributed by atoms with Crippen LogP contribution in [0.1, 0.15) is 21.6 Å². The maximum absolute atomic E-state index is 12.5. The highest BCUT2D eigenvalue weighted by molar-refractivity contribution is 7.14. The minimum absolute atomic E-state index is 0.0444. The lowest BCUT2D eigenvalue weighted by Gasteiger charge is -2.15. The summed E-state index contributed by atoms with van der Waals surface area (Å²) in [6, 6.07) is 11.6. The number of likely N-dealkylation sites (N-methyl/N-ethyl adjacent to an activating group) is 1. The van der Waals surface area contributed by atoms with Gasteiger partial charge < -0.3 is 15.5 Å². The predicted octanol–water partition coefficient (Wildman–Crippen LogP) is 2.98. The van der Waals surface area contributed by atoms with Crippen LogP contribution in [0.3, 0.4) is 0 Å². The van der Waals surface area contributed by atoms with E-state index in [1.165, 1.54) is 16.2 Å². The molecule has 2 aromatic heterocycles. The van der Waals surface area contributed by atoms with Crippen molar-refractivity contribution in [1.29, 1.82) is 0 Å². The van der Waals surface area contributed by atoms with Crippen LogP contribution in [0.2, 0.25) is 0 Å². The molecule has 28 heavy (non-hydrogen) atoms. The molecule has 0 unspecified atom stereocenters. The fourth-order valence-electron chi connectivity index (χ4n) is 2.52. The summed E-state index contributed by atoms with van der Waals surface area (Å²) in [6.45, 7) is 2.34. The Kier molecular flexibility index (Phi) is 6.33. The Morgan fingerprint density at radius 3 is 2.82 bits per heavy atom. The molecule has 8 heteroatoms. The van der Waals surface area contributed by atoms with E-state index >= 15 is 0 Å². The molecule has 0 saturated heterocycles. The molecule has 0 bridgehead atoms. The molecule has 2 N–H and O–H groups in total. The van der Waals surface area contributed by atoms with Crippen LogP contribution in [0.15, 0.2) is 54.2 Å². The molecule has 0 aliphatic heterocycles. The van der Waals surface area contributed by atoms with Gasteiger partial charge in [0.1, 0.15) is 5.69 Å². The lowest BCUT2D eigenvalue weighted by Crippen LogP contribution is -2.38. The highest BCUT2D eigenvalue weighted by Crippen LogP contribution is 2.22. The van der Waals surface area contributed by atoms with Gasteiger partial charge in [0.15, 0.2) is 5.13 Å². The van der Waals surface area contributed by atoms with Crippen molar-refractivity contribution in [3.8, 4) is 0 Å². The van der Waals surface area contributed by atoms with Gasteiger partial charge in [-0.25, -0.2) is 4.98 Å². The van der Waals surface area contributed by atoms with Gasteiger partial charge in [-0.1, -0.05) is 18.2 Å². The molecule has 0 atom stereocenters. The zero-order chi connectivity index (χ0) is 19.9. The Morgan fingerprint density at radius 2 is 2.07 bits per heavy atom. The molecule has 0 fully saturated rings. The molecule has 3 rings (SSSR count). The number of amides is 2. The first kappa shape index (κ1) is 19.5. The zero-order valence-electron chi connectivity index (χ0n) is 15.7. The van der Waals surface area contributed by atoms with E-state index in [-0.39, 0.29) is 18.4 Å². The summed E-state index contributed by atoms with van der Waals surface area (Å²) in [5.41, 5.74) is 3.25. The molecule has 0 spiro atoms. The first-order valence-corrected chi connectivity index (χ1v) is 9.59. The van der Waals surface area contributed by atoms with Crippen molar-refractivity contribution in [3.63, 3.8) is 0 Å². The third-order valence-corrected chi connectivity index (χ3v) is 4.69. The van der Waals surface area contributed by atoms with Crippen molar-refractivity contribution in [1.82, 2.24) is 20.2 Å². The van der Waals surface area contributed by atoms with E-state index in [2.05, 4.69) is 20.6 Å². The fraction of sp³-hybridized carbons (Fsp3) is 0.200. The Labute approximate surface area is 167 Å². The summed E-state index contributed by atoms with van der Waals surface area (Å²) in [7, 11) is 1.58. The van der Waals surface area contributed by atoms with E-state index in [0.29, 0.717) is 17.4 Å². The van der Waals surface area contributed by atoms with Crippen molar-refractivity contribution in [2.24, 2.45) is 0 Å². The Bertz CT molecular complexity index is 958. The molecule has 0 saturated carbocycles. The minimum atomic E-state index is -0.301. The number of nitrogens with zero attached hydrogens (tertiary/aromatic N) is 3. The Balaban J connectivity index is 1.53. The molecule has 144 valence electrons. The number of hydrogen-bond acceptors (Lipinski definition) is 6. The van der Waals surface area contributed by atoms with E-state index < -0.39 is 0 Å². The van der Waals surface area contributed by atoms with E-state index in [1.807, 2.05) is 43.3 Å². The second-order valence-corrected chi connectivity index (χ2v) is 7.19. The van der Waals surface area contributed by atoms with Crippen LogP contribution >= 0.6 is 11.3 Å². The van der Waals surface area contributed by atoms with Crippen LogP contribution in [0, 0.1) is 6.92 Å². The monoisotopic (exact) mass is 395 g/mol. The Hall–Kier alpha value is -3.26. The van der Waals surface area contributed by atoms with Gasteiger partial charge in [-0.3, -0.25) is 14.6 Å². The molecule has 7 nitrogen and oxygen atoms in total. The second-order valence-electron chi connectivity index (χ2n) is 6.33. The summed E-state index contributed by atoms with van der Waals surface area (Å²) in [5, 5.41) is 8.28. The van der Waals surface area contributed by atoms with Gasteiger partial charge >= 0.3 is 0 Å². The average Bonchev–Trinajstić information content (AvgIpc) is 3.15. The first-order valence-electron chi connectivity index (χ1n) is 8.71. The van der Waals surface area contributed by atoms with Crippen molar-refractivity contribution < 1.29 is 9.59 Å². The molecular weight excluding hydrogens is 374 g/mol. The van der Waals surface area contributed by atoms with Crippen LogP contribution in [-0.4, -0.2) is 40.3 Å². The van der Waals surface area contributed by atoms with E-state index in [0.717, 1.165) is 16.8 Å². The number of thiazole rings is 1. The molecule has 0 radical (unpaired) electrons. The van der Waals surface area contributed by atoms with Crippen LogP contribution in [0.5, 0.6) is 0 Å². The summed E-state index contributed by atoms with van der Waals surface area (Å²) in [4.78, 5) is 34.3. The quantitative estimate of drug-likeness (QED) is 0.642. The van der Waals surface area contributed by atoms with Gasteiger partial charge in [-0.2, -0.15) is 0 Å². The van der Waals surface area contributed by atoms with Gasteiger partial charge in [-0.15, -0.1) is 11.3 Å². The average molecular weight is 395 g/mol. The number of benzene rings is 1. The van der Waals surface area contributed by atoms with E-state index in [1.54, 1.807) is 24.8 Å². The first-order chi connectivity index (χ1) is 13.5. The van der Waals surface area contributed by atoms with Gasteiger partial charge in [0.05, 0.1) is 6.54 Å². The standard InChI is InChI=1S/C20H21N5O2S/c1-14-5-3-7-16(9-14)23-20-24-17(13-28-20)19(27)25(2)12-18(26)22-11-15-6-4-8-21-10-15/h3-10,13H,11-12H2,1-2H3,(H,22,26)(H,23,24). The van der Waals surface area contributed by atoms with Gasteiger partial charge in [-0.05, 0) is 36.2 Å². The second kappa shape index (κ2) is 9.09. The topological polar surface area (TPSA) is 87.2 Å². The van der Waals surface area contributed by atoms with Crippen LogP contribution in [0.25, 0.3) is 0 Å². The number of carbonyl (C=O) groups excluding carboxylic acids is 2. The normalized spacial score (nSPS) is 10.4. The fourth-order valence-corrected chi connectivity index (χ4v) is 3.22. The maximum Gasteiger partial charge on any atom is 0.273 e. The summed E-state index contributed by atoms with van der Waals surface area (Å²) in [5.74, 6) is -0.543. The van der Waals surface area contributed by atoms with Gasteiger partial charge in [0.25, 0.3) is 5.91 Å². The van der Waals surface area contributed by atoms with E-state index in [9.17, 15) is 9.59 Å². The molecule has 3 aromatic rings. The molecule has 1 aromatic carbocycles. The number of anilines is 2. The molecule has 0 aliphatic carbocycles. The van der Waals surface area contributed by atoms with Crippen molar-refractivity contribution in [3.05, 3.63) is 71.0 Å². The summed E-state index contributed by atoms with van der Waals surface area (Å²) >= 11 is 1.35. The molecule has 2 amide bonds. The number of aryl methyl sites for hydroxylation is 1. The van der Waals surface area contributed by atoms with Crippen LogP contribution < -0.4 is 10.6 Å². The number of pyridine rings is 1. The number of nitrogens with one attached hydrogen (secondary N) is 2. The highest BCUT2D eigenvalue weighted by atomic mass is 32.1. The van der Waals surface area contributed by atoms with Gasteiger partial charge in [0.2, 0.25) is 5.91 Å². The lowest BCUT2D eigenvalue weighted by atomic mass is 10.2. The van der Waals surface area contributed by atoms with E-state index in [4.69, 9.17) is 0 Å². The number of hydrogen-bond donors (Lipinski definition) is 2. The Morgan fingerprint density at radius 1 is 1.21 bits per heavy atom. The largest absolute Gasteiger partial charge is 0.350 e. The highest BCUT2D eigenvalue weighted by Gasteiger charge is 2.18. The SMILES string of the molecule is Cc1cccc(Nc2nc(C(=O)N(C)CC(=O)NCc3cccnc3)cs2)c1. The van der Waals surface area contributed by atoms with Crippen LogP contribution in [0.4, 0.5) is 10.8 Å². The number of rotatable bonds is 7. The maximum atomic E-state index is 12.5. The van der Waals surface area contributed by atoms with Crippen molar-refractivity contribution in [2.45, 2.75) is 13.5 Å². The third kappa shape index (κ3) is 5.37. The third-order valence-electron chi connectivity index (χ3n) is 3.93. The van der Waals surface area contributed by atoms with Crippen molar-refractivity contribution >= 4 is 34.0 Å². The zero-order valence-corrected chi connectivity index (χ0v) is 16.5. The number of carbonyl (C=O) groups is 2. The van der Waals surface area contributed by atoms with Crippen LogP contribution in [-0.2, 0) is 11.3 Å². The predicted molar refractivity (Wildman–Crippen MR) is 110 cm³/mol. The van der Waals surface area contributed by atoms with Gasteiger partial charge in [0, 0.05) is 37.1 Å². The smallest absolute Gasteiger partial charge is 0.273 e. The minimum Gasteiger partial charge on any atom is -0.350 e. The van der Waals surface area contributed by atoms with Crippen molar-refractivity contribution in [2.75, 3.05) is 18.9 Å².